The molecule has 0 radical (unpaired) electrons. The van der Waals surface area contributed by atoms with Gasteiger partial charge in [0.05, 0.1) is 6.61 Å². The zero-order valence-corrected chi connectivity index (χ0v) is 11.4. The lowest BCUT2D eigenvalue weighted by Gasteiger charge is -2.04. The number of alkyl halides is 2. The van der Waals surface area contributed by atoms with Crippen molar-refractivity contribution >= 4 is 5.97 Å². The summed E-state index contributed by atoms with van der Waals surface area (Å²) < 4.78 is 36.7. The van der Waals surface area contributed by atoms with Gasteiger partial charge < -0.3 is 9.26 Å². The van der Waals surface area contributed by atoms with Crippen LogP contribution in [0.1, 0.15) is 48.2 Å². The predicted molar refractivity (Wildman–Crippen MR) is 63.7 cm³/mol. The van der Waals surface area contributed by atoms with E-state index < -0.39 is 23.8 Å². The Hall–Kier alpha value is -2.39. The lowest BCUT2D eigenvalue weighted by Crippen LogP contribution is -2.12. The molecule has 0 saturated carbocycles. The van der Waals surface area contributed by atoms with Crippen LogP contribution in [0.3, 0.4) is 0 Å². The van der Waals surface area contributed by atoms with Crippen molar-refractivity contribution in [2.24, 2.45) is 0 Å². The highest BCUT2D eigenvalue weighted by molar-refractivity contribution is 5.88. The van der Waals surface area contributed by atoms with Crippen molar-refractivity contribution in [2.75, 3.05) is 6.61 Å². The summed E-state index contributed by atoms with van der Waals surface area (Å²) in [6.45, 7) is 3.25. The Bertz CT molecular complexity index is 625. The van der Waals surface area contributed by atoms with Gasteiger partial charge in [-0.05, 0) is 6.92 Å². The summed E-state index contributed by atoms with van der Waals surface area (Å²) in [6.07, 6.45) is -2.38. The summed E-state index contributed by atoms with van der Waals surface area (Å²) in [5, 5.41) is 10.6. The van der Waals surface area contributed by atoms with Crippen molar-refractivity contribution in [1.82, 2.24) is 25.1 Å². The molecule has 0 spiro atoms. The third kappa shape index (κ3) is 3.20. The van der Waals surface area contributed by atoms with Crippen LogP contribution in [0.25, 0.3) is 0 Å². The van der Waals surface area contributed by atoms with Gasteiger partial charge in [0.2, 0.25) is 5.89 Å². The van der Waals surface area contributed by atoms with Gasteiger partial charge in [-0.3, -0.25) is 0 Å². The first-order chi connectivity index (χ1) is 10.1. The molecule has 0 amide bonds. The average Bonchev–Trinajstić information content (AvgIpc) is 3.06. The highest BCUT2D eigenvalue weighted by Crippen LogP contribution is 2.22. The number of carbonyl (C=O) groups excluding carboxylic acids is 1. The number of nitrogens with zero attached hydrogens (tertiary/aromatic N) is 5. The summed E-state index contributed by atoms with van der Waals surface area (Å²) >= 11 is 0. The molecule has 0 aromatic carbocycles. The second kappa shape index (κ2) is 6.37. The van der Waals surface area contributed by atoms with Crippen LogP contribution in [0.15, 0.2) is 4.52 Å². The molecule has 0 unspecified atom stereocenters. The standard InChI is InChI=1S/C11H13F2N5O3/c1-3-6-14-7(21-16-6)5-18-9(10(12)13)8(15-17-18)11(19)20-4-2/h10H,3-5H2,1-2H3. The number of aromatic nitrogens is 5. The average molecular weight is 301 g/mol. The fourth-order valence-corrected chi connectivity index (χ4v) is 1.62. The smallest absolute Gasteiger partial charge is 0.361 e. The first-order valence-corrected chi connectivity index (χ1v) is 6.26. The molecule has 0 aliphatic carbocycles. The number of esters is 1. The summed E-state index contributed by atoms with van der Waals surface area (Å²) in [5.74, 6) is -0.387. The molecule has 10 heteroatoms. The molecule has 0 saturated heterocycles. The first-order valence-electron chi connectivity index (χ1n) is 6.26. The molecule has 2 aromatic heterocycles. The van der Waals surface area contributed by atoms with Gasteiger partial charge in [0.1, 0.15) is 12.2 Å². The van der Waals surface area contributed by atoms with Gasteiger partial charge in [0, 0.05) is 6.42 Å². The van der Waals surface area contributed by atoms with Crippen molar-refractivity contribution < 1.29 is 22.8 Å². The van der Waals surface area contributed by atoms with E-state index >= 15 is 0 Å². The molecular formula is C11H13F2N5O3. The van der Waals surface area contributed by atoms with E-state index in [1.54, 1.807) is 6.92 Å². The molecule has 2 aromatic rings. The molecular weight excluding hydrogens is 288 g/mol. The van der Waals surface area contributed by atoms with E-state index in [9.17, 15) is 13.6 Å². The third-order valence-corrected chi connectivity index (χ3v) is 2.56. The monoisotopic (exact) mass is 301 g/mol. The highest BCUT2D eigenvalue weighted by Gasteiger charge is 2.28. The third-order valence-electron chi connectivity index (χ3n) is 2.56. The van der Waals surface area contributed by atoms with Crippen molar-refractivity contribution in [3.05, 3.63) is 23.1 Å². The zero-order valence-electron chi connectivity index (χ0n) is 11.4. The molecule has 2 heterocycles. The molecule has 0 fully saturated rings. The van der Waals surface area contributed by atoms with Crippen LogP contribution in [0.4, 0.5) is 8.78 Å². The quantitative estimate of drug-likeness (QED) is 0.744. The minimum Gasteiger partial charge on any atom is -0.461 e. The second-order valence-corrected chi connectivity index (χ2v) is 3.96. The number of halogens is 2. The molecule has 114 valence electrons. The fourth-order valence-electron chi connectivity index (χ4n) is 1.62. The van der Waals surface area contributed by atoms with Gasteiger partial charge in [-0.25, -0.2) is 18.3 Å². The number of hydrogen-bond donors (Lipinski definition) is 0. The van der Waals surface area contributed by atoms with Crippen molar-refractivity contribution in [2.45, 2.75) is 33.2 Å². The Balaban J connectivity index is 2.29. The van der Waals surface area contributed by atoms with E-state index in [2.05, 4.69) is 25.2 Å². The topological polar surface area (TPSA) is 95.9 Å². The van der Waals surface area contributed by atoms with Crippen LogP contribution in [0.5, 0.6) is 0 Å². The molecule has 0 aliphatic heterocycles. The SMILES string of the molecule is CCOC(=O)c1nnn(Cc2nc(CC)no2)c1C(F)F. The van der Waals surface area contributed by atoms with E-state index in [0.29, 0.717) is 12.2 Å². The summed E-state index contributed by atoms with van der Waals surface area (Å²) in [4.78, 5) is 15.6. The van der Waals surface area contributed by atoms with Crippen molar-refractivity contribution in [3.63, 3.8) is 0 Å². The number of hydrogen-bond acceptors (Lipinski definition) is 7. The summed E-state index contributed by atoms with van der Waals surface area (Å²) in [7, 11) is 0. The van der Waals surface area contributed by atoms with Crippen molar-refractivity contribution in [1.29, 1.82) is 0 Å². The number of aryl methyl sites for hydroxylation is 1. The van der Waals surface area contributed by atoms with Crippen LogP contribution in [0, 0.1) is 0 Å². The van der Waals surface area contributed by atoms with E-state index in [0.717, 1.165) is 4.68 Å². The highest BCUT2D eigenvalue weighted by atomic mass is 19.3. The fraction of sp³-hybridized carbons (Fsp3) is 0.545. The zero-order chi connectivity index (χ0) is 15.4. The van der Waals surface area contributed by atoms with Crippen LogP contribution in [-0.4, -0.2) is 37.7 Å². The molecule has 2 rings (SSSR count). The van der Waals surface area contributed by atoms with Gasteiger partial charge in [-0.15, -0.1) is 5.10 Å². The molecule has 8 nitrogen and oxygen atoms in total. The van der Waals surface area contributed by atoms with Gasteiger partial charge in [0.25, 0.3) is 6.43 Å². The minimum absolute atomic E-state index is 0.0535. The lowest BCUT2D eigenvalue weighted by atomic mass is 10.3. The molecule has 21 heavy (non-hydrogen) atoms. The lowest BCUT2D eigenvalue weighted by molar-refractivity contribution is 0.0506. The predicted octanol–water partition coefficient (Wildman–Crippen LogP) is 1.39. The van der Waals surface area contributed by atoms with E-state index in [-0.39, 0.29) is 19.0 Å². The van der Waals surface area contributed by atoms with Crippen LogP contribution < -0.4 is 0 Å². The van der Waals surface area contributed by atoms with E-state index in [1.807, 2.05) is 6.92 Å². The van der Waals surface area contributed by atoms with Gasteiger partial charge in [-0.1, -0.05) is 17.3 Å². The largest absolute Gasteiger partial charge is 0.461 e. The molecule has 0 N–H and O–H groups in total. The van der Waals surface area contributed by atoms with Gasteiger partial charge in [0.15, 0.2) is 11.5 Å². The Kier molecular flexibility index (Phi) is 4.55. The maximum Gasteiger partial charge on any atom is 0.361 e. The van der Waals surface area contributed by atoms with Gasteiger partial charge in [-0.2, -0.15) is 4.98 Å². The van der Waals surface area contributed by atoms with Crippen LogP contribution in [0.2, 0.25) is 0 Å². The Morgan fingerprint density at radius 3 is 2.76 bits per heavy atom. The van der Waals surface area contributed by atoms with Crippen LogP contribution >= 0.6 is 0 Å². The molecule has 0 aliphatic rings. The molecule has 0 atom stereocenters. The minimum atomic E-state index is -2.94. The maximum atomic E-state index is 13.1. The Labute approximate surface area is 118 Å². The van der Waals surface area contributed by atoms with Crippen molar-refractivity contribution in [3.8, 4) is 0 Å². The number of rotatable bonds is 6. The second-order valence-electron chi connectivity index (χ2n) is 3.96. The summed E-state index contributed by atoms with van der Waals surface area (Å²) in [5.41, 5.74) is -1.15. The van der Waals surface area contributed by atoms with E-state index in [4.69, 9.17) is 4.52 Å². The number of ether oxygens (including phenoxy) is 1. The number of carbonyl (C=O) groups is 1. The summed E-state index contributed by atoms with van der Waals surface area (Å²) in [6, 6.07) is 0. The molecule has 0 bridgehead atoms. The van der Waals surface area contributed by atoms with Gasteiger partial charge >= 0.3 is 5.97 Å². The normalized spacial score (nSPS) is 11.1. The van der Waals surface area contributed by atoms with Crippen LogP contribution in [-0.2, 0) is 17.7 Å². The maximum absolute atomic E-state index is 13.1. The Morgan fingerprint density at radius 1 is 1.43 bits per heavy atom. The first kappa shape index (κ1) is 15.0. The van der Waals surface area contributed by atoms with E-state index in [1.165, 1.54) is 0 Å². The Morgan fingerprint density at radius 2 is 2.19 bits per heavy atom.